The lowest BCUT2D eigenvalue weighted by Crippen LogP contribution is -2.04. The number of para-hydroxylation sites is 2. The highest BCUT2D eigenvalue weighted by atomic mass is 15.2. The summed E-state index contributed by atoms with van der Waals surface area (Å²) in [5.74, 6) is 0.642. The van der Waals surface area contributed by atoms with Crippen LogP contribution >= 0.6 is 0 Å². The maximum Gasteiger partial charge on any atom is 0.235 e. The van der Waals surface area contributed by atoms with Gasteiger partial charge in [-0.05, 0) is 51.6 Å². The summed E-state index contributed by atoms with van der Waals surface area (Å²) in [5.41, 5.74) is 12.1. The van der Waals surface area contributed by atoms with Crippen molar-refractivity contribution in [2.75, 3.05) is 0 Å². The van der Waals surface area contributed by atoms with E-state index >= 15 is 0 Å². The molecule has 268 valence electrons. The fourth-order valence-electron chi connectivity index (χ4n) is 9.69. The number of fused-ring (bicyclic) bond motifs is 14. The molecular formula is C54H32N4. The number of hydrogen-bond acceptors (Lipinski definition) is 2. The van der Waals surface area contributed by atoms with Crippen LogP contribution in [0.3, 0.4) is 0 Å². The van der Waals surface area contributed by atoms with Gasteiger partial charge in [0.15, 0.2) is 0 Å². The summed E-state index contributed by atoms with van der Waals surface area (Å²) < 4.78 is 4.87. The van der Waals surface area contributed by atoms with Crippen molar-refractivity contribution in [3.05, 3.63) is 194 Å². The molecule has 4 heteroatoms. The standard InChI is InChI=1S/C54H32N4/c1-3-14-33(15-4-1)34-26-28-36(29-27-34)46-32-45(35-16-5-2-6-17-35)55-54(56-46)58-47-25-12-11-22-42(47)50-52(58)40-21-10-9-20-39(40)49-43-24-13-23-41-44-30-37-18-7-8-19-38(37)31-48(44)57(51(41)43)53(49)50/h1-32H. The number of aromatic nitrogens is 4. The smallest absolute Gasteiger partial charge is 0.235 e. The molecule has 13 rings (SSSR count). The maximum atomic E-state index is 5.47. The fourth-order valence-corrected chi connectivity index (χ4v) is 9.69. The normalized spacial score (nSPS) is 12.1. The highest BCUT2D eigenvalue weighted by Gasteiger charge is 2.27. The Balaban J connectivity index is 1.18. The minimum absolute atomic E-state index is 0.642. The molecule has 0 spiro atoms. The van der Waals surface area contributed by atoms with Gasteiger partial charge in [0.25, 0.3) is 0 Å². The van der Waals surface area contributed by atoms with Crippen molar-refractivity contribution >= 4 is 81.4 Å². The SMILES string of the molecule is c1ccc(-c2ccc(-c3cc(-c4ccccc4)nc(-n4c5ccccc5c5c4c4ccccc4c4c6cccc7c8cc9ccccc9cc8n(c76)c45)n3)cc2)cc1. The minimum Gasteiger partial charge on any atom is -0.307 e. The number of benzene rings is 9. The highest BCUT2D eigenvalue weighted by molar-refractivity contribution is 6.39. The second-order valence-electron chi connectivity index (χ2n) is 15.3. The molecule has 0 atom stereocenters. The van der Waals surface area contributed by atoms with Gasteiger partial charge in [0.2, 0.25) is 5.95 Å². The molecule has 0 unspecified atom stereocenters. The lowest BCUT2D eigenvalue weighted by molar-refractivity contribution is 0.998. The van der Waals surface area contributed by atoms with Gasteiger partial charge in [0.05, 0.1) is 39.0 Å². The van der Waals surface area contributed by atoms with E-state index in [1.165, 1.54) is 81.5 Å². The van der Waals surface area contributed by atoms with Crippen LogP contribution in [0.4, 0.5) is 0 Å². The van der Waals surface area contributed by atoms with Crippen LogP contribution in [-0.4, -0.2) is 18.9 Å². The van der Waals surface area contributed by atoms with Gasteiger partial charge in [-0.15, -0.1) is 0 Å². The van der Waals surface area contributed by atoms with Crippen LogP contribution in [0.15, 0.2) is 194 Å². The van der Waals surface area contributed by atoms with E-state index in [9.17, 15) is 0 Å². The molecule has 0 aliphatic heterocycles. The van der Waals surface area contributed by atoms with E-state index in [1.54, 1.807) is 0 Å². The van der Waals surface area contributed by atoms with Gasteiger partial charge < -0.3 is 4.40 Å². The Morgan fingerprint density at radius 3 is 1.60 bits per heavy atom. The van der Waals surface area contributed by atoms with Crippen molar-refractivity contribution in [2.24, 2.45) is 0 Å². The fraction of sp³-hybridized carbons (Fsp3) is 0. The second-order valence-corrected chi connectivity index (χ2v) is 15.3. The predicted octanol–water partition coefficient (Wildman–Crippen LogP) is 14.0. The van der Waals surface area contributed by atoms with E-state index in [-0.39, 0.29) is 0 Å². The quantitative estimate of drug-likeness (QED) is 0.180. The van der Waals surface area contributed by atoms with Crippen LogP contribution in [0, 0.1) is 0 Å². The molecule has 0 aliphatic rings. The summed E-state index contributed by atoms with van der Waals surface area (Å²) in [7, 11) is 0. The zero-order valence-electron chi connectivity index (χ0n) is 31.3. The molecule has 4 aromatic heterocycles. The zero-order chi connectivity index (χ0) is 37.9. The van der Waals surface area contributed by atoms with E-state index in [2.05, 4.69) is 203 Å². The minimum atomic E-state index is 0.642. The van der Waals surface area contributed by atoms with Gasteiger partial charge in [-0.2, -0.15) is 0 Å². The van der Waals surface area contributed by atoms with Gasteiger partial charge in [0.1, 0.15) is 0 Å². The Morgan fingerprint density at radius 2 is 0.845 bits per heavy atom. The number of hydrogen-bond donors (Lipinski definition) is 0. The molecule has 58 heavy (non-hydrogen) atoms. The van der Waals surface area contributed by atoms with Crippen LogP contribution in [0.25, 0.3) is 121 Å². The maximum absolute atomic E-state index is 5.47. The zero-order valence-corrected chi connectivity index (χ0v) is 31.3. The largest absolute Gasteiger partial charge is 0.307 e. The third kappa shape index (κ3) is 4.34. The molecule has 4 heterocycles. The summed E-state index contributed by atoms with van der Waals surface area (Å²) in [6.45, 7) is 0. The Bertz CT molecular complexity index is 3770. The Labute approximate surface area is 332 Å². The van der Waals surface area contributed by atoms with Crippen molar-refractivity contribution < 1.29 is 0 Å². The molecule has 4 nitrogen and oxygen atoms in total. The van der Waals surface area contributed by atoms with Gasteiger partial charge in [-0.3, -0.25) is 4.57 Å². The van der Waals surface area contributed by atoms with Gasteiger partial charge in [-0.25, -0.2) is 9.97 Å². The molecule has 0 radical (unpaired) electrons. The van der Waals surface area contributed by atoms with Crippen molar-refractivity contribution in [1.82, 2.24) is 18.9 Å². The van der Waals surface area contributed by atoms with Crippen LogP contribution in [-0.2, 0) is 0 Å². The lowest BCUT2D eigenvalue weighted by atomic mass is 9.98. The van der Waals surface area contributed by atoms with Crippen LogP contribution in [0.1, 0.15) is 0 Å². The molecule has 0 N–H and O–H groups in total. The average molecular weight is 737 g/mol. The van der Waals surface area contributed by atoms with Gasteiger partial charge >= 0.3 is 0 Å². The molecule has 0 saturated carbocycles. The molecule has 13 aromatic rings. The average Bonchev–Trinajstić information content (AvgIpc) is 3.94. The highest BCUT2D eigenvalue weighted by Crippen LogP contribution is 2.49. The summed E-state index contributed by atoms with van der Waals surface area (Å²) in [6.07, 6.45) is 0. The van der Waals surface area contributed by atoms with Crippen LogP contribution < -0.4 is 0 Å². The summed E-state index contributed by atoms with van der Waals surface area (Å²) in [5, 5.41) is 12.3. The lowest BCUT2D eigenvalue weighted by Gasteiger charge is -2.13. The monoisotopic (exact) mass is 736 g/mol. The van der Waals surface area contributed by atoms with Crippen molar-refractivity contribution in [3.63, 3.8) is 0 Å². The first-order chi connectivity index (χ1) is 28.8. The molecule has 9 aromatic carbocycles. The van der Waals surface area contributed by atoms with E-state index in [1.807, 2.05) is 0 Å². The van der Waals surface area contributed by atoms with E-state index < -0.39 is 0 Å². The van der Waals surface area contributed by atoms with Gasteiger partial charge in [-0.1, -0.05) is 170 Å². The molecule has 0 aliphatic carbocycles. The van der Waals surface area contributed by atoms with Crippen molar-refractivity contribution in [2.45, 2.75) is 0 Å². The first-order valence-corrected chi connectivity index (χ1v) is 19.8. The summed E-state index contributed by atoms with van der Waals surface area (Å²) in [4.78, 5) is 10.9. The Kier molecular flexibility index (Phi) is 6.41. The van der Waals surface area contributed by atoms with E-state index in [0.29, 0.717) is 5.95 Å². The molecular weight excluding hydrogens is 705 g/mol. The first-order valence-electron chi connectivity index (χ1n) is 19.8. The topological polar surface area (TPSA) is 35.1 Å². The number of rotatable bonds is 4. The third-order valence-corrected chi connectivity index (χ3v) is 12.2. The van der Waals surface area contributed by atoms with Crippen LogP contribution in [0.5, 0.6) is 0 Å². The van der Waals surface area contributed by atoms with Crippen molar-refractivity contribution in [1.29, 1.82) is 0 Å². The Morgan fingerprint density at radius 1 is 0.310 bits per heavy atom. The van der Waals surface area contributed by atoms with E-state index in [0.717, 1.165) is 33.5 Å². The van der Waals surface area contributed by atoms with Gasteiger partial charge in [0, 0.05) is 48.8 Å². The molecule has 0 amide bonds. The summed E-state index contributed by atoms with van der Waals surface area (Å²) in [6, 6.07) is 69.8. The van der Waals surface area contributed by atoms with Crippen LogP contribution in [0.2, 0.25) is 0 Å². The molecule has 0 bridgehead atoms. The second kappa shape index (κ2) is 11.8. The van der Waals surface area contributed by atoms with E-state index in [4.69, 9.17) is 9.97 Å². The molecule has 0 fully saturated rings. The third-order valence-electron chi connectivity index (χ3n) is 12.2. The summed E-state index contributed by atoms with van der Waals surface area (Å²) >= 11 is 0. The predicted molar refractivity (Wildman–Crippen MR) is 242 cm³/mol. The molecule has 0 saturated heterocycles. The number of nitrogens with zero attached hydrogens (tertiary/aromatic N) is 4. The Hall–Kier alpha value is -7.82. The van der Waals surface area contributed by atoms with Crippen molar-refractivity contribution in [3.8, 4) is 39.6 Å². The first kappa shape index (κ1) is 31.4.